The third-order valence-electron chi connectivity index (χ3n) is 3.55. The molecule has 2 rings (SSSR count). The summed E-state index contributed by atoms with van der Waals surface area (Å²) in [6, 6.07) is 7.18. The molecule has 3 amide bonds. The minimum absolute atomic E-state index is 0.165. The summed E-state index contributed by atoms with van der Waals surface area (Å²) in [7, 11) is 0. The van der Waals surface area contributed by atoms with Crippen molar-refractivity contribution in [2.45, 2.75) is 45.1 Å². The summed E-state index contributed by atoms with van der Waals surface area (Å²) >= 11 is 0. The van der Waals surface area contributed by atoms with Crippen LogP contribution in [0.3, 0.4) is 0 Å². The SMILES string of the molecule is Cc1cccc(OCC(=O)NC(=O)NC2CCCCC2)c1. The largest absolute Gasteiger partial charge is 0.484 e. The van der Waals surface area contributed by atoms with Gasteiger partial charge in [0.05, 0.1) is 0 Å². The Kier molecular flexibility index (Phi) is 5.60. The Labute approximate surface area is 125 Å². The van der Waals surface area contributed by atoms with E-state index in [0.717, 1.165) is 31.2 Å². The molecule has 0 atom stereocenters. The van der Waals surface area contributed by atoms with Gasteiger partial charge >= 0.3 is 6.03 Å². The lowest BCUT2D eigenvalue weighted by atomic mass is 9.96. The summed E-state index contributed by atoms with van der Waals surface area (Å²) in [6.07, 6.45) is 5.47. The Balaban J connectivity index is 1.70. The van der Waals surface area contributed by atoms with Crippen molar-refractivity contribution in [2.75, 3.05) is 6.61 Å². The average Bonchev–Trinajstić information content (AvgIpc) is 2.46. The molecular weight excluding hydrogens is 268 g/mol. The van der Waals surface area contributed by atoms with Gasteiger partial charge in [0.15, 0.2) is 6.61 Å². The molecule has 5 heteroatoms. The van der Waals surface area contributed by atoms with Crippen molar-refractivity contribution in [3.63, 3.8) is 0 Å². The van der Waals surface area contributed by atoms with Crippen molar-refractivity contribution in [1.29, 1.82) is 0 Å². The summed E-state index contributed by atoms with van der Waals surface area (Å²) in [6.45, 7) is 1.78. The summed E-state index contributed by atoms with van der Waals surface area (Å²) in [5.41, 5.74) is 1.06. The van der Waals surface area contributed by atoms with Crippen molar-refractivity contribution < 1.29 is 14.3 Å². The number of imide groups is 1. The number of urea groups is 1. The zero-order valence-corrected chi connectivity index (χ0v) is 12.4. The molecule has 1 aromatic carbocycles. The Hall–Kier alpha value is -2.04. The van der Waals surface area contributed by atoms with E-state index in [1.165, 1.54) is 6.42 Å². The van der Waals surface area contributed by atoms with Crippen molar-refractivity contribution in [2.24, 2.45) is 0 Å². The Bertz CT molecular complexity index is 496. The fourth-order valence-corrected chi connectivity index (χ4v) is 2.49. The molecule has 0 radical (unpaired) electrons. The fraction of sp³-hybridized carbons (Fsp3) is 0.500. The number of aryl methyl sites for hydroxylation is 1. The van der Waals surface area contributed by atoms with Crippen LogP contribution in [0.15, 0.2) is 24.3 Å². The van der Waals surface area contributed by atoms with Gasteiger partial charge in [0.2, 0.25) is 0 Å². The predicted octanol–water partition coefficient (Wildman–Crippen LogP) is 2.53. The summed E-state index contributed by atoms with van der Waals surface area (Å²) in [5, 5.41) is 5.13. The molecule has 1 aromatic rings. The van der Waals surface area contributed by atoms with Gasteiger partial charge in [-0.1, -0.05) is 31.4 Å². The van der Waals surface area contributed by atoms with Crippen LogP contribution in [0.5, 0.6) is 5.75 Å². The van der Waals surface area contributed by atoms with E-state index in [1.807, 2.05) is 25.1 Å². The fourth-order valence-electron chi connectivity index (χ4n) is 2.49. The van der Waals surface area contributed by atoms with Crippen LogP contribution >= 0.6 is 0 Å². The number of ether oxygens (including phenoxy) is 1. The Morgan fingerprint density at radius 1 is 1.24 bits per heavy atom. The minimum Gasteiger partial charge on any atom is -0.484 e. The van der Waals surface area contributed by atoms with E-state index < -0.39 is 11.9 Å². The van der Waals surface area contributed by atoms with Gasteiger partial charge in [-0.3, -0.25) is 10.1 Å². The highest BCUT2D eigenvalue weighted by Crippen LogP contribution is 2.17. The molecule has 0 heterocycles. The number of nitrogens with one attached hydrogen (secondary N) is 2. The van der Waals surface area contributed by atoms with E-state index in [1.54, 1.807) is 6.07 Å². The third-order valence-corrected chi connectivity index (χ3v) is 3.55. The molecule has 1 fully saturated rings. The number of hydrogen-bond donors (Lipinski definition) is 2. The highest BCUT2D eigenvalue weighted by molar-refractivity contribution is 5.95. The molecule has 0 unspecified atom stereocenters. The molecule has 0 spiro atoms. The third kappa shape index (κ3) is 5.45. The van der Waals surface area contributed by atoms with Crippen LogP contribution < -0.4 is 15.4 Å². The number of hydrogen-bond acceptors (Lipinski definition) is 3. The van der Waals surface area contributed by atoms with Crippen LogP contribution in [0.1, 0.15) is 37.7 Å². The van der Waals surface area contributed by atoms with Gasteiger partial charge in [-0.15, -0.1) is 0 Å². The number of benzene rings is 1. The predicted molar refractivity (Wildman–Crippen MR) is 80.2 cm³/mol. The molecular formula is C16H22N2O3. The van der Waals surface area contributed by atoms with Crippen LogP contribution in [0.2, 0.25) is 0 Å². The topological polar surface area (TPSA) is 67.4 Å². The van der Waals surface area contributed by atoms with Crippen LogP contribution in [0, 0.1) is 6.92 Å². The highest BCUT2D eigenvalue weighted by Gasteiger charge is 2.16. The first-order valence-corrected chi connectivity index (χ1v) is 7.43. The number of rotatable bonds is 4. The molecule has 1 aliphatic rings. The zero-order chi connectivity index (χ0) is 15.1. The molecule has 0 aromatic heterocycles. The van der Waals surface area contributed by atoms with Gasteiger partial charge in [0, 0.05) is 6.04 Å². The van der Waals surface area contributed by atoms with E-state index >= 15 is 0 Å². The van der Waals surface area contributed by atoms with Crippen molar-refractivity contribution in [3.05, 3.63) is 29.8 Å². The second kappa shape index (κ2) is 7.67. The van der Waals surface area contributed by atoms with E-state index in [4.69, 9.17) is 4.74 Å². The summed E-state index contributed by atoms with van der Waals surface area (Å²) < 4.78 is 5.35. The zero-order valence-electron chi connectivity index (χ0n) is 12.4. The molecule has 0 bridgehead atoms. The maximum atomic E-state index is 11.7. The van der Waals surface area contributed by atoms with Crippen molar-refractivity contribution >= 4 is 11.9 Å². The van der Waals surface area contributed by atoms with E-state index in [2.05, 4.69) is 10.6 Å². The van der Waals surface area contributed by atoms with Gasteiger partial charge in [-0.2, -0.15) is 0 Å². The lowest BCUT2D eigenvalue weighted by molar-refractivity contribution is -0.122. The monoisotopic (exact) mass is 290 g/mol. The van der Waals surface area contributed by atoms with Gasteiger partial charge < -0.3 is 10.1 Å². The first kappa shape index (κ1) is 15.4. The van der Waals surface area contributed by atoms with Gasteiger partial charge in [0.25, 0.3) is 5.91 Å². The van der Waals surface area contributed by atoms with Crippen LogP contribution in [0.4, 0.5) is 4.79 Å². The second-order valence-corrected chi connectivity index (χ2v) is 5.46. The van der Waals surface area contributed by atoms with Crippen molar-refractivity contribution in [3.8, 4) is 5.75 Å². The van der Waals surface area contributed by atoms with Crippen LogP contribution in [0.25, 0.3) is 0 Å². The second-order valence-electron chi connectivity index (χ2n) is 5.46. The highest BCUT2D eigenvalue weighted by atomic mass is 16.5. The minimum atomic E-state index is -0.440. The van der Waals surface area contributed by atoms with E-state index in [0.29, 0.717) is 5.75 Å². The average molecular weight is 290 g/mol. The molecule has 0 aliphatic heterocycles. The van der Waals surface area contributed by atoms with Crippen molar-refractivity contribution in [1.82, 2.24) is 10.6 Å². The maximum absolute atomic E-state index is 11.7. The number of amides is 3. The summed E-state index contributed by atoms with van der Waals surface area (Å²) in [5.74, 6) is 0.183. The molecule has 5 nitrogen and oxygen atoms in total. The Morgan fingerprint density at radius 3 is 2.71 bits per heavy atom. The summed E-state index contributed by atoms with van der Waals surface area (Å²) in [4.78, 5) is 23.3. The Morgan fingerprint density at radius 2 is 2.00 bits per heavy atom. The number of carbonyl (C=O) groups is 2. The molecule has 2 N–H and O–H groups in total. The first-order chi connectivity index (χ1) is 10.1. The molecule has 0 saturated heterocycles. The van der Waals surface area contributed by atoms with Gasteiger partial charge in [-0.05, 0) is 37.5 Å². The lowest BCUT2D eigenvalue weighted by Gasteiger charge is -2.22. The van der Waals surface area contributed by atoms with E-state index in [-0.39, 0.29) is 12.6 Å². The van der Waals surface area contributed by atoms with E-state index in [9.17, 15) is 9.59 Å². The molecule has 1 saturated carbocycles. The molecule has 1 aliphatic carbocycles. The number of carbonyl (C=O) groups excluding carboxylic acids is 2. The standard InChI is InChI=1S/C16H22N2O3/c1-12-6-5-9-14(10-12)21-11-15(19)18-16(20)17-13-7-3-2-4-8-13/h5-6,9-10,13H,2-4,7-8,11H2,1H3,(H2,17,18,19,20). The lowest BCUT2D eigenvalue weighted by Crippen LogP contribution is -2.46. The maximum Gasteiger partial charge on any atom is 0.321 e. The smallest absolute Gasteiger partial charge is 0.321 e. The van der Waals surface area contributed by atoms with Gasteiger partial charge in [-0.25, -0.2) is 4.79 Å². The van der Waals surface area contributed by atoms with Crippen LogP contribution in [-0.4, -0.2) is 24.6 Å². The normalized spacial score (nSPS) is 15.3. The molecule has 114 valence electrons. The first-order valence-electron chi connectivity index (χ1n) is 7.43. The molecule has 21 heavy (non-hydrogen) atoms. The van der Waals surface area contributed by atoms with Gasteiger partial charge in [0.1, 0.15) is 5.75 Å². The van der Waals surface area contributed by atoms with Crippen LogP contribution in [-0.2, 0) is 4.79 Å². The quantitative estimate of drug-likeness (QED) is 0.895.